The largest absolute Gasteiger partial charge is 0.497 e. The summed E-state index contributed by atoms with van der Waals surface area (Å²) in [4.78, 5) is 10.4. The van der Waals surface area contributed by atoms with Gasteiger partial charge in [-0.1, -0.05) is 53.8 Å². The second-order valence-electron chi connectivity index (χ2n) is 6.47. The molecule has 0 radical (unpaired) electrons. The summed E-state index contributed by atoms with van der Waals surface area (Å²) in [6, 6.07) is 24.4. The molecule has 5 heteroatoms. The molecule has 0 unspecified atom stereocenters. The number of hydrogen-bond donors (Lipinski definition) is 0. The molecule has 4 rings (SSSR count). The van der Waals surface area contributed by atoms with Crippen molar-refractivity contribution in [2.75, 3.05) is 7.11 Å². The topological polar surface area (TPSA) is 34.5 Å². The summed E-state index contributed by atoms with van der Waals surface area (Å²) in [6.07, 6.45) is 2.49. The first-order valence-electron chi connectivity index (χ1n) is 9.19. The molecule has 0 bridgehead atoms. The molecule has 4 aromatic rings. The molecular formula is C24H19FN2OS. The minimum Gasteiger partial charge on any atom is -0.497 e. The highest BCUT2D eigenvalue weighted by molar-refractivity contribution is 7.15. The molecule has 0 saturated heterocycles. The van der Waals surface area contributed by atoms with E-state index in [0.29, 0.717) is 5.13 Å². The Morgan fingerprint density at radius 3 is 2.38 bits per heavy atom. The summed E-state index contributed by atoms with van der Waals surface area (Å²) in [5.74, 6) is 0.548. The van der Waals surface area contributed by atoms with E-state index in [1.807, 2.05) is 42.5 Å². The Kier molecular flexibility index (Phi) is 5.77. The quantitative estimate of drug-likeness (QED) is 0.355. The molecule has 3 aromatic carbocycles. The Morgan fingerprint density at radius 1 is 0.966 bits per heavy atom. The molecule has 3 nitrogen and oxygen atoms in total. The lowest BCUT2D eigenvalue weighted by Gasteiger charge is -2.04. The van der Waals surface area contributed by atoms with Gasteiger partial charge in [0.15, 0.2) is 0 Å². The van der Waals surface area contributed by atoms with Gasteiger partial charge in [0.2, 0.25) is 5.13 Å². The van der Waals surface area contributed by atoms with Crippen molar-refractivity contribution in [1.82, 2.24) is 4.98 Å². The zero-order valence-electron chi connectivity index (χ0n) is 15.9. The van der Waals surface area contributed by atoms with Gasteiger partial charge >= 0.3 is 0 Å². The molecule has 0 aliphatic rings. The maximum atomic E-state index is 13.1. The van der Waals surface area contributed by atoms with Gasteiger partial charge in [-0.15, -0.1) is 0 Å². The molecule has 0 fully saturated rings. The minimum absolute atomic E-state index is 0.261. The van der Waals surface area contributed by atoms with Crippen LogP contribution in [0.25, 0.3) is 11.3 Å². The molecule has 29 heavy (non-hydrogen) atoms. The normalized spacial score (nSPS) is 11.1. The van der Waals surface area contributed by atoms with Crippen LogP contribution in [0.4, 0.5) is 9.52 Å². The molecule has 0 saturated carbocycles. The van der Waals surface area contributed by atoms with Crippen molar-refractivity contribution in [2.24, 2.45) is 4.99 Å². The number of ether oxygens (including phenoxy) is 1. The van der Waals surface area contributed by atoms with Gasteiger partial charge in [0.1, 0.15) is 11.6 Å². The predicted molar refractivity (Wildman–Crippen MR) is 117 cm³/mol. The van der Waals surface area contributed by atoms with E-state index in [1.165, 1.54) is 17.7 Å². The van der Waals surface area contributed by atoms with E-state index in [4.69, 9.17) is 9.72 Å². The van der Waals surface area contributed by atoms with Crippen LogP contribution in [0.1, 0.15) is 16.0 Å². The van der Waals surface area contributed by atoms with Crippen LogP contribution in [0.3, 0.4) is 0 Å². The summed E-state index contributed by atoms with van der Waals surface area (Å²) >= 11 is 1.57. The standard InChI is InChI=1S/C24H19FN2OS/c1-28-21-13-9-19(10-14-21)23-22(15-17-5-3-2-4-6-17)29-24(27-23)26-16-18-7-11-20(25)12-8-18/h2-14,16H,15H2,1H3/b26-16+. The number of benzene rings is 3. The summed E-state index contributed by atoms with van der Waals surface area (Å²) in [7, 11) is 1.65. The van der Waals surface area contributed by atoms with Crippen LogP contribution < -0.4 is 4.74 Å². The molecule has 0 N–H and O–H groups in total. The van der Waals surface area contributed by atoms with Gasteiger partial charge < -0.3 is 4.74 Å². The van der Waals surface area contributed by atoms with Crippen LogP contribution in [-0.2, 0) is 6.42 Å². The third kappa shape index (κ3) is 4.76. The van der Waals surface area contributed by atoms with Crippen molar-refractivity contribution in [3.05, 3.63) is 101 Å². The Morgan fingerprint density at radius 2 is 1.69 bits per heavy atom. The number of thiazole rings is 1. The molecule has 0 spiro atoms. The minimum atomic E-state index is -0.261. The number of rotatable bonds is 6. The number of aliphatic imine (C=N–C) groups is 1. The molecule has 0 amide bonds. The van der Waals surface area contributed by atoms with Crippen LogP contribution in [-0.4, -0.2) is 18.3 Å². The van der Waals surface area contributed by atoms with Crippen LogP contribution in [0.5, 0.6) is 5.75 Å². The lowest BCUT2D eigenvalue weighted by molar-refractivity contribution is 0.415. The Labute approximate surface area is 173 Å². The van der Waals surface area contributed by atoms with Gasteiger partial charge in [0, 0.05) is 23.1 Å². The van der Waals surface area contributed by atoms with Crippen LogP contribution >= 0.6 is 11.3 Å². The van der Waals surface area contributed by atoms with E-state index in [9.17, 15) is 4.39 Å². The molecule has 1 aromatic heterocycles. The van der Waals surface area contributed by atoms with Crippen LogP contribution in [0.15, 0.2) is 83.9 Å². The first kappa shape index (κ1) is 19.0. The molecule has 0 aliphatic heterocycles. The molecule has 0 atom stereocenters. The van der Waals surface area contributed by atoms with Crippen molar-refractivity contribution in [3.63, 3.8) is 0 Å². The van der Waals surface area contributed by atoms with Gasteiger partial charge in [0.25, 0.3) is 0 Å². The first-order chi connectivity index (χ1) is 14.2. The van der Waals surface area contributed by atoms with E-state index in [0.717, 1.165) is 33.9 Å². The maximum Gasteiger partial charge on any atom is 0.209 e. The van der Waals surface area contributed by atoms with Gasteiger partial charge in [0.05, 0.1) is 12.8 Å². The molecule has 144 valence electrons. The first-order valence-corrected chi connectivity index (χ1v) is 10.0. The fourth-order valence-electron chi connectivity index (χ4n) is 2.95. The molecule has 0 aliphatic carbocycles. The third-order valence-electron chi connectivity index (χ3n) is 4.45. The average molecular weight is 402 g/mol. The summed E-state index contributed by atoms with van der Waals surface area (Å²) in [6.45, 7) is 0. The fraction of sp³-hybridized carbons (Fsp3) is 0.0833. The zero-order valence-corrected chi connectivity index (χ0v) is 16.7. The SMILES string of the molecule is COc1ccc(-c2nc(/N=C/c3ccc(F)cc3)sc2Cc2ccccc2)cc1. The Bertz CT molecular complexity index is 1100. The zero-order chi connectivity index (χ0) is 20.1. The van der Waals surface area contributed by atoms with E-state index in [1.54, 1.807) is 36.8 Å². The monoisotopic (exact) mass is 402 g/mol. The second kappa shape index (κ2) is 8.80. The van der Waals surface area contributed by atoms with Crippen LogP contribution in [0, 0.1) is 5.82 Å². The number of aromatic nitrogens is 1. The van der Waals surface area contributed by atoms with Crippen molar-refractivity contribution in [1.29, 1.82) is 0 Å². The van der Waals surface area contributed by atoms with Gasteiger partial charge in [-0.3, -0.25) is 0 Å². The highest BCUT2D eigenvalue weighted by Crippen LogP contribution is 2.35. The van der Waals surface area contributed by atoms with Crippen molar-refractivity contribution >= 4 is 22.7 Å². The lowest BCUT2D eigenvalue weighted by Crippen LogP contribution is -1.89. The number of halogens is 1. The summed E-state index contributed by atoms with van der Waals surface area (Å²) < 4.78 is 18.4. The highest BCUT2D eigenvalue weighted by Gasteiger charge is 2.13. The van der Waals surface area contributed by atoms with Crippen LogP contribution in [0.2, 0.25) is 0 Å². The summed E-state index contributed by atoms with van der Waals surface area (Å²) in [5.41, 5.74) is 4.00. The predicted octanol–water partition coefficient (Wildman–Crippen LogP) is 6.30. The van der Waals surface area contributed by atoms with Crippen molar-refractivity contribution < 1.29 is 9.13 Å². The fourth-order valence-corrected chi connectivity index (χ4v) is 3.91. The van der Waals surface area contributed by atoms with Crippen molar-refractivity contribution in [3.8, 4) is 17.0 Å². The van der Waals surface area contributed by atoms with Gasteiger partial charge in [-0.25, -0.2) is 14.4 Å². The lowest BCUT2D eigenvalue weighted by atomic mass is 10.1. The Balaban J connectivity index is 1.68. The smallest absolute Gasteiger partial charge is 0.209 e. The second-order valence-corrected chi connectivity index (χ2v) is 7.53. The third-order valence-corrected chi connectivity index (χ3v) is 5.41. The van der Waals surface area contributed by atoms with E-state index in [-0.39, 0.29) is 5.82 Å². The number of nitrogens with zero attached hydrogens (tertiary/aromatic N) is 2. The maximum absolute atomic E-state index is 13.1. The van der Waals surface area contributed by atoms with E-state index >= 15 is 0 Å². The van der Waals surface area contributed by atoms with Gasteiger partial charge in [-0.05, 0) is 47.5 Å². The Hall–Kier alpha value is -3.31. The van der Waals surface area contributed by atoms with Crippen molar-refractivity contribution in [2.45, 2.75) is 6.42 Å². The van der Waals surface area contributed by atoms with E-state index in [2.05, 4.69) is 17.1 Å². The van der Waals surface area contributed by atoms with Gasteiger partial charge in [-0.2, -0.15) is 0 Å². The summed E-state index contributed by atoms with van der Waals surface area (Å²) in [5, 5.41) is 0.672. The number of hydrogen-bond acceptors (Lipinski definition) is 4. The average Bonchev–Trinajstić information content (AvgIpc) is 3.17. The molecule has 1 heterocycles. The highest BCUT2D eigenvalue weighted by atomic mass is 32.1. The number of methoxy groups -OCH3 is 1. The molecular weight excluding hydrogens is 383 g/mol. The van der Waals surface area contributed by atoms with E-state index < -0.39 is 0 Å².